The molecule has 0 radical (unpaired) electrons. The Hall–Kier alpha value is -3.39. The fourth-order valence-corrected chi connectivity index (χ4v) is 4.35. The van der Waals surface area contributed by atoms with Gasteiger partial charge in [0.05, 0.1) is 6.42 Å². The van der Waals surface area contributed by atoms with Crippen molar-refractivity contribution in [2.24, 2.45) is 0 Å². The van der Waals surface area contributed by atoms with Crippen molar-refractivity contribution in [3.05, 3.63) is 66.2 Å². The average molecular weight is 454 g/mol. The lowest BCUT2D eigenvalue weighted by molar-refractivity contribution is -0.159. The first-order valence-electron chi connectivity index (χ1n) is 11.3. The highest BCUT2D eigenvalue weighted by Gasteiger charge is 2.29. The number of aliphatic carboxylic acids is 2. The molecule has 1 amide bonds. The number of likely N-dealkylation sites (tertiary alicyclic amines) is 1. The van der Waals surface area contributed by atoms with Crippen LogP contribution < -0.4 is 4.90 Å². The van der Waals surface area contributed by atoms with Crippen molar-refractivity contribution >= 4 is 23.5 Å². The third kappa shape index (κ3) is 7.32. The van der Waals surface area contributed by atoms with Crippen molar-refractivity contribution in [1.29, 1.82) is 0 Å². The molecule has 2 saturated heterocycles. The van der Waals surface area contributed by atoms with Crippen LogP contribution in [-0.4, -0.2) is 83.2 Å². The normalized spacial score (nSPS) is 17.1. The van der Waals surface area contributed by atoms with E-state index in [1.807, 2.05) is 30.3 Å². The molecule has 4 rings (SSSR count). The van der Waals surface area contributed by atoms with Crippen LogP contribution in [0, 0.1) is 0 Å². The summed E-state index contributed by atoms with van der Waals surface area (Å²) in [5.41, 5.74) is 2.44. The standard InChI is InChI=1S/C23H29N3O.C2H2O4/c27-23(19-20-7-3-1-4-8-20)26-13-11-22(12-14-26)25-17-15-24(16-18-25)21-9-5-2-6-10-21;3-1(4)2(5)6/h1-10,22H,11-19H2;(H,3,4)(H,5,6). The van der Waals surface area contributed by atoms with E-state index in [1.54, 1.807) is 0 Å². The topological polar surface area (TPSA) is 101 Å². The van der Waals surface area contributed by atoms with E-state index in [2.05, 4.69) is 45.0 Å². The molecule has 2 aliphatic rings. The minimum atomic E-state index is -1.82. The third-order valence-corrected chi connectivity index (χ3v) is 6.15. The smallest absolute Gasteiger partial charge is 0.414 e. The number of benzene rings is 2. The number of hydrogen-bond donors (Lipinski definition) is 2. The maximum atomic E-state index is 12.6. The summed E-state index contributed by atoms with van der Waals surface area (Å²) in [5.74, 6) is -3.38. The molecule has 2 N–H and O–H groups in total. The Morgan fingerprint density at radius 2 is 1.24 bits per heavy atom. The number of anilines is 1. The van der Waals surface area contributed by atoms with Crippen LogP contribution in [0.2, 0.25) is 0 Å². The van der Waals surface area contributed by atoms with E-state index < -0.39 is 11.9 Å². The summed E-state index contributed by atoms with van der Waals surface area (Å²) in [6.07, 6.45) is 2.74. The van der Waals surface area contributed by atoms with Crippen molar-refractivity contribution in [3.63, 3.8) is 0 Å². The molecule has 2 aliphatic heterocycles. The number of piperazine rings is 1. The molecule has 0 unspecified atom stereocenters. The van der Waals surface area contributed by atoms with Crippen molar-refractivity contribution in [2.75, 3.05) is 44.2 Å². The lowest BCUT2D eigenvalue weighted by atomic mass is 10.0. The Kier molecular flexibility index (Phi) is 8.83. The monoisotopic (exact) mass is 453 g/mol. The van der Waals surface area contributed by atoms with Gasteiger partial charge in [0, 0.05) is 51.0 Å². The minimum Gasteiger partial charge on any atom is -0.473 e. The molecule has 2 heterocycles. The summed E-state index contributed by atoms with van der Waals surface area (Å²) in [5, 5.41) is 14.8. The zero-order valence-corrected chi connectivity index (χ0v) is 18.7. The van der Waals surface area contributed by atoms with Gasteiger partial charge in [0.1, 0.15) is 0 Å². The Morgan fingerprint density at radius 1 is 0.727 bits per heavy atom. The number of carbonyl (C=O) groups is 3. The van der Waals surface area contributed by atoms with Crippen molar-refractivity contribution in [3.8, 4) is 0 Å². The van der Waals surface area contributed by atoms with E-state index in [9.17, 15) is 4.79 Å². The van der Waals surface area contributed by atoms with E-state index in [0.717, 1.165) is 57.7 Å². The summed E-state index contributed by atoms with van der Waals surface area (Å²) in [6.45, 7) is 6.23. The van der Waals surface area contributed by atoms with Gasteiger partial charge in [-0.1, -0.05) is 48.5 Å². The van der Waals surface area contributed by atoms with Gasteiger partial charge in [-0.15, -0.1) is 0 Å². The van der Waals surface area contributed by atoms with Crippen molar-refractivity contribution < 1.29 is 24.6 Å². The zero-order chi connectivity index (χ0) is 23.6. The molecular formula is C25H31N3O5. The Morgan fingerprint density at radius 3 is 1.76 bits per heavy atom. The highest BCUT2D eigenvalue weighted by Crippen LogP contribution is 2.21. The van der Waals surface area contributed by atoms with Crippen LogP contribution >= 0.6 is 0 Å². The molecule has 0 bridgehead atoms. The quantitative estimate of drug-likeness (QED) is 0.685. The number of hydrogen-bond acceptors (Lipinski definition) is 5. The lowest BCUT2D eigenvalue weighted by Gasteiger charge is -2.43. The molecule has 2 aromatic carbocycles. The summed E-state index contributed by atoms with van der Waals surface area (Å²) >= 11 is 0. The minimum absolute atomic E-state index is 0.272. The van der Waals surface area contributed by atoms with Crippen molar-refractivity contribution in [1.82, 2.24) is 9.80 Å². The second kappa shape index (κ2) is 12.0. The van der Waals surface area contributed by atoms with Gasteiger partial charge in [-0.3, -0.25) is 9.69 Å². The number of carboxylic acids is 2. The highest BCUT2D eigenvalue weighted by molar-refractivity contribution is 6.27. The van der Waals surface area contributed by atoms with Crippen molar-refractivity contribution in [2.45, 2.75) is 25.3 Å². The summed E-state index contributed by atoms with van der Waals surface area (Å²) in [7, 11) is 0. The van der Waals surface area contributed by atoms with Crippen LogP contribution in [0.25, 0.3) is 0 Å². The molecule has 8 nitrogen and oxygen atoms in total. The molecule has 33 heavy (non-hydrogen) atoms. The SMILES string of the molecule is O=C(Cc1ccccc1)N1CCC(N2CCN(c3ccccc3)CC2)CC1.O=C(O)C(=O)O. The molecule has 0 atom stereocenters. The van der Waals surface area contributed by atoms with E-state index in [-0.39, 0.29) is 5.91 Å². The second-order valence-corrected chi connectivity index (χ2v) is 8.24. The maximum absolute atomic E-state index is 12.6. The first kappa shape index (κ1) is 24.3. The Bertz CT molecular complexity index is 894. The fraction of sp³-hybridized carbons (Fsp3) is 0.400. The van der Waals surface area contributed by atoms with Gasteiger partial charge in [-0.2, -0.15) is 0 Å². The molecular weight excluding hydrogens is 422 g/mol. The molecule has 176 valence electrons. The van der Waals surface area contributed by atoms with Gasteiger partial charge in [0.25, 0.3) is 0 Å². The first-order chi connectivity index (χ1) is 15.9. The number of para-hydroxylation sites is 1. The Labute approximate surface area is 194 Å². The molecule has 8 heteroatoms. The zero-order valence-electron chi connectivity index (χ0n) is 18.7. The molecule has 0 spiro atoms. The van der Waals surface area contributed by atoms with Gasteiger partial charge in [0.2, 0.25) is 5.91 Å². The van der Waals surface area contributed by atoms with Crippen LogP contribution in [0.1, 0.15) is 18.4 Å². The molecule has 0 aromatic heterocycles. The van der Waals surface area contributed by atoms with Crippen LogP contribution in [0.5, 0.6) is 0 Å². The van der Waals surface area contributed by atoms with Gasteiger partial charge in [-0.05, 0) is 30.5 Å². The number of amides is 1. The first-order valence-corrected chi connectivity index (χ1v) is 11.3. The second-order valence-electron chi connectivity index (χ2n) is 8.24. The van der Waals surface area contributed by atoms with Crippen LogP contribution in [0.15, 0.2) is 60.7 Å². The third-order valence-electron chi connectivity index (χ3n) is 6.15. The molecule has 0 saturated carbocycles. The van der Waals surface area contributed by atoms with Gasteiger partial charge in [0.15, 0.2) is 0 Å². The van der Waals surface area contributed by atoms with Crippen LogP contribution in [-0.2, 0) is 20.8 Å². The van der Waals surface area contributed by atoms with E-state index >= 15 is 0 Å². The average Bonchev–Trinajstić information content (AvgIpc) is 2.86. The number of nitrogens with zero attached hydrogens (tertiary/aromatic N) is 3. The van der Waals surface area contributed by atoms with Crippen LogP contribution in [0.4, 0.5) is 5.69 Å². The predicted octanol–water partition coefficient (Wildman–Crippen LogP) is 2.20. The largest absolute Gasteiger partial charge is 0.473 e. The number of carboxylic acid groups (broad SMARTS) is 2. The maximum Gasteiger partial charge on any atom is 0.414 e. The number of piperidine rings is 1. The van der Waals surface area contributed by atoms with Gasteiger partial charge < -0.3 is 20.0 Å². The van der Waals surface area contributed by atoms with Gasteiger partial charge >= 0.3 is 11.9 Å². The summed E-state index contributed by atoms with van der Waals surface area (Å²) < 4.78 is 0. The van der Waals surface area contributed by atoms with Gasteiger partial charge in [-0.25, -0.2) is 9.59 Å². The van der Waals surface area contributed by atoms with E-state index in [0.29, 0.717) is 12.5 Å². The summed E-state index contributed by atoms with van der Waals surface area (Å²) in [6, 6.07) is 21.4. The predicted molar refractivity (Wildman–Crippen MR) is 125 cm³/mol. The van der Waals surface area contributed by atoms with E-state index in [4.69, 9.17) is 19.8 Å². The summed E-state index contributed by atoms with van der Waals surface area (Å²) in [4.78, 5) is 37.9. The molecule has 2 aromatic rings. The highest BCUT2D eigenvalue weighted by atomic mass is 16.4. The molecule has 0 aliphatic carbocycles. The van der Waals surface area contributed by atoms with E-state index in [1.165, 1.54) is 5.69 Å². The Balaban J connectivity index is 0.000000454. The fourth-order valence-electron chi connectivity index (χ4n) is 4.35. The molecule has 2 fully saturated rings. The number of carbonyl (C=O) groups excluding carboxylic acids is 1. The number of rotatable bonds is 4. The lowest BCUT2D eigenvalue weighted by Crippen LogP contribution is -2.54. The van der Waals surface area contributed by atoms with Crippen LogP contribution in [0.3, 0.4) is 0 Å².